The molecule has 246 valence electrons. The summed E-state index contributed by atoms with van der Waals surface area (Å²) in [6.45, 7) is -0.780. The van der Waals surface area contributed by atoms with E-state index in [2.05, 4.69) is 5.32 Å². The van der Waals surface area contributed by atoms with E-state index < -0.39 is 40.2 Å². The Labute approximate surface area is 274 Å². The maximum absolute atomic E-state index is 14.5. The first-order chi connectivity index (χ1) is 22.6. The molecule has 2 amide bonds. The molecule has 1 fully saturated rings. The SMILES string of the molecule is COc1ccc(S(=O)(=O)N(CC(=O)N(Cc2ccc(F)cc2)C(Cc2ccccc2)C(=O)NC2CCCC2)c2ccc(F)cc2)cc1. The lowest BCUT2D eigenvalue weighted by atomic mass is 10.0. The molecule has 0 radical (unpaired) electrons. The fourth-order valence-electron chi connectivity index (χ4n) is 5.72. The van der Waals surface area contributed by atoms with Crippen LogP contribution in [0.2, 0.25) is 0 Å². The maximum atomic E-state index is 14.5. The molecule has 0 heterocycles. The molecule has 1 unspecified atom stereocenters. The smallest absolute Gasteiger partial charge is 0.264 e. The van der Waals surface area contributed by atoms with Crippen LogP contribution in [0.1, 0.15) is 36.8 Å². The van der Waals surface area contributed by atoms with Gasteiger partial charge in [0.25, 0.3) is 10.0 Å². The number of carbonyl (C=O) groups is 2. The predicted molar refractivity (Wildman–Crippen MR) is 175 cm³/mol. The average Bonchev–Trinajstić information content (AvgIpc) is 3.60. The number of nitrogens with one attached hydrogen (secondary N) is 1. The molecule has 0 spiro atoms. The van der Waals surface area contributed by atoms with Crippen molar-refractivity contribution < 1.29 is 31.5 Å². The van der Waals surface area contributed by atoms with Crippen LogP contribution in [-0.4, -0.2) is 50.9 Å². The average molecular weight is 662 g/mol. The van der Waals surface area contributed by atoms with Gasteiger partial charge in [0.1, 0.15) is 30.0 Å². The fraction of sp³-hybridized carbons (Fsp3) is 0.278. The number of anilines is 1. The molecular formula is C36H37F2N3O5S. The summed E-state index contributed by atoms with van der Waals surface area (Å²) in [5.41, 5.74) is 1.42. The summed E-state index contributed by atoms with van der Waals surface area (Å²) in [6, 6.07) is 24.2. The van der Waals surface area contributed by atoms with Gasteiger partial charge in [0.05, 0.1) is 17.7 Å². The third kappa shape index (κ3) is 8.53. The minimum absolute atomic E-state index is 0.0327. The molecule has 1 N–H and O–H groups in total. The fourth-order valence-corrected chi connectivity index (χ4v) is 7.13. The molecule has 4 aromatic rings. The number of nitrogens with zero attached hydrogens (tertiary/aromatic N) is 2. The number of ether oxygens (including phenoxy) is 1. The first-order valence-electron chi connectivity index (χ1n) is 15.4. The second kappa shape index (κ2) is 15.2. The normalized spacial score (nSPS) is 13.9. The van der Waals surface area contributed by atoms with Crippen molar-refractivity contribution in [3.05, 3.63) is 126 Å². The van der Waals surface area contributed by atoms with Gasteiger partial charge in [-0.3, -0.25) is 13.9 Å². The van der Waals surface area contributed by atoms with Crippen molar-refractivity contribution >= 4 is 27.5 Å². The Bertz CT molecular complexity index is 1750. The molecule has 4 aromatic carbocycles. The van der Waals surface area contributed by atoms with E-state index in [9.17, 15) is 26.8 Å². The van der Waals surface area contributed by atoms with Gasteiger partial charge in [0.15, 0.2) is 0 Å². The number of amides is 2. The van der Waals surface area contributed by atoms with Crippen molar-refractivity contribution in [1.29, 1.82) is 0 Å². The molecule has 0 aromatic heterocycles. The zero-order valence-electron chi connectivity index (χ0n) is 26.0. The molecule has 1 aliphatic rings. The molecule has 0 saturated heterocycles. The van der Waals surface area contributed by atoms with Crippen LogP contribution in [0.3, 0.4) is 0 Å². The Balaban J connectivity index is 1.55. The number of sulfonamides is 1. The summed E-state index contributed by atoms with van der Waals surface area (Å²) in [4.78, 5) is 29.7. The Morgan fingerprint density at radius 1 is 0.830 bits per heavy atom. The van der Waals surface area contributed by atoms with E-state index in [-0.39, 0.29) is 35.5 Å². The monoisotopic (exact) mass is 661 g/mol. The quantitative estimate of drug-likeness (QED) is 0.194. The van der Waals surface area contributed by atoms with Crippen molar-refractivity contribution in [1.82, 2.24) is 10.2 Å². The van der Waals surface area contributed by atoms with E-state index in [4.69, 9.17) is 4.74 Å². The zero-order valence-corrected chi connectivity index (χ0v) is 26.8. The minimum atomic E-state index is -4.36. The Hall–Kier alpha value is -4.77. The summed E-state index contributed by atoms with van der Waals surface area (Å²) in [5, 5.41) is 3.11. The topological polar surface area (TPSA) is 96.0 Å². The molecule has 1 saturated carbocycles. The number of benzene rings is 4. The lowest BCUT2D eigenvalue weighted by Crippen LogP contribution is -2.54. The summed E-state index contributed by atoms with van der Waals surface area (Å²) in [7, 11) is -2.91. The van der Waals surface area contributed by atoms with Gasteiger partial charge in [0, 0.05) is 19.0 Å². The van der Waals surface area contributed by atoms with Crippen LogP contribution in [0.25, 0.3) is 0 Å². The van der Waals surface area contributed by atoms with Crippen molar-refractivity contribution in [2.75, 3.05) is 18.0 Å². The number of hydrogen-bond acceptors (Lipinski definition) is 5. The third-order valence-electron chi connectivity index (χ3n) is 8.28. The van der Waals surface area contributed by atoms with Crippen LogP contribution in [0.5, 0.6) is 5.75 Å². The maximum Gasteiger partial charge on any atom is 0.264 e. The summed E-state index contributed by atoms with van der Waals surface area (Å²) >= 11 is 0. The summed E-state index contributed by atoms with van der Waals surface area (Å²) in [6.07, 6.45) is 3.79. The highest BCUT2D eigenvalue weighted by Crippen LogP contribution is 2.27. The number of rotatable bonds is 13. The lowest BCUT2D eigenvalue weighted by molar-refractivity contribution is -0.140. The van der Waals surface area contributed by atoms with Crippen molar-refractivity contribution in [2.24, 2.45) is 0 Å². The Kier molecular flexibility index (Phi) is 10.9. The van der Waals surface area contributed by atoms with E-state index in [1.165, 1.54) is 72.7 Å². The van der Waals surface area contributed by atoms with Gasteiger partial charge in [-0.05, 0) is 84.6 Å². The number of hydrogen-bond donors (Lipinski definition) is 1. The number of methoxy groups -OCH3 is 1. The van der Waals surface area contributed by atoms with Crippen LogP contribution in [-0.2, 0) is 32.6 Å². The predicted octanol–water partition coefficient (Wildman–Crippen LogP) is 5.87. The summed E-state index contributed by atoms with van der Waals surface area (Å²) in [5.74, 6) is -1.62. The van der Waals surface area contributed by atoms with Crippen LogP contribution in [0.15, 0.2) is 108 Å². The van der Waals surface area contributed by atoms with Gasteiger partial charge in [-0.25, -0.2) is 17.2 Å². The van der Waals surface area contributed by atoms with E-state index >= 15 is 0 Å². The van der Waals surface area contributed by atoms with Crippen molar-refractivity contribution in [3.8, 4) is 5.75 Å². The molecule has 1 aliphatic carbocycles. The van der Waals surface area contributed by atoms with E-state index in [1.54, 1.807) is 0 Å². The first-order valence-corrected chi connectivity index (χ1v) is 16.9. The van der Waals surface area contributed by atoms with E-state index in [0.717, 1.165) is 47.7 Å². The van der Waals surface area contributed by atoms with Crippen LogP contribution >= 0.6 is 0 Å². The first kappa shape index (κ1) is 33.6. The molecule has 0 aliphatic heterocycles. The van der Waals surface area contributed by atoms with E-state index in [0.29, 0.717) is 11.3 Å². The highest BCUT2D eigenvalue weighted by atomic mass is 32.2. The van der Waals surface area contributed by atoms with Gasteiger partial charge < -0.3 is 15.0 Å². The third-order valence-corrected chi connectivity index (χ3v) is 10.1. The molecule has 5 rings (SSSR count). The summed E-state index contributed by atoms with van der Waals surface area (Å²) < 4.78 is 62.1. The molecule has 47 heavy (non-hydrogen) atoms. The van der Waals surface area contributed by atoms with Crippen LogP contribution in [0, 0.1) is 11.6 Å². The van der Waals surface area contributed by atoms with Gasteiger partial charge >= 0.3 is 0 Å². The Morgan fingerprint density at radius 2 is 1.43 bits per heavy atom. The zero-order chi connectivity index (χ0) is 33.4. The largest absolute Gasteiger partial charge is 0.497 e. The van der Waals surface area contributed by atoms with Gasteiger partial charge in [-0.1, -0.05) is 55.3 Å². The number of halogens is 2. The minimum Gasteiger partial charge on any atom is -0.497 e. The van der Waals surface area contributed by atoms with Crippen molar-refractivity contribution in [2.45, 2.75) is 55.6 Å². The second-order valence-electron chi connectivity index (χ2n) is 11.5. The highest BCUT2D eigenvalue weighted by molar-refractivity contribution is 7.92. The lowest BCUT2D eigenvalue weighted by Gasteiger charge is -2.34. The van der Waals surface area contributed by atoms with Crippen LogP contribution < -0.4 is 14.4 Å². The van der Waals surface area contributed by atoms with Gasteiger partial charge in [-0.2, -0.15) is 0 Å². The highest BCUT2D eigenvalue weighted by Gasteiger charge is 2.35. The van der Waals surface area contributed by atoms with Crippen molar-refractivity contribution in [3.63, 3.8) is 0 Å². The molecule has 8 nitrogen and oxygen atoms in total. The van der Waals surface area contributed by atoms with Crippen LogP contribution in [0.4, 0.5) is 14.5 Å². The van der Waals surface area contributed by atoms with Gasteiger partial charge in [-0.15, -0.1) is 0 Å². The molecule has 1 atom stereocenters. The molecule has 11 heteroatoms. The second-order valence-corrected chi connectivity index (χ2v) is 13.4. The molecular weight excluding hydrogens is 624 g/mol. The van der Waals surface area contributed by atoms with Gasteiger partial charge in [0.2, 0.25) is 11.8 Å². The standard InChI is InChI=1S/C36H37F2N3O5S/c1-46-32-19-21-33(22-20-32)47(44,45)41(31-17-15-29(38)16-18-31)25-35(42)40(24-27-11-13-28(37)14-12-27)34(23-26-7-3-2-4-8-26)36(43)39-30-9-5-6-10-30/h2-4,7-8,11-22,30,34H,5-6,9-10,23-25H2,1H3,(H,39,43). The number of carbonyl (C=O) groups excluding carboxylic acids is 2. The Morgan fingerprint density at radius 3 is 2.02 bits per heavy atom. The molecule has 0 bridgehead atoms. The van der Waals surface area contributed by atoms with E-state index in [1.807, 2.05) is 30.3 Å².